The van der Waals surface area contributed by atoms with Gasteiger partial charge in [-0.3, -0.25) is 4.79 Å². The molecule has 2 heterocycles. The first-order chi connectivity index (χ1) is 15.3. The number of piperazine rings is 1. The third-order valence-corrected chi connectivity index (χ3v) is 7.31. The summed E-state index contributed by atoms with van der Waals surface area (Å²) in [5.41, 5.74) is -0.346. The maximum Gasteiger partial charge on any atom is 0.349 e. The van der Waals surface area contributed by atoms with Crippen molar-refractivity contribution in [1.82, 2.24) is 9.21 Å². The highest BCUT2D eigenvalue weighted by Crippen LogP contribution is 2.25. The third-order valence-electron chi connectivity index (χ3n) is 5.40. The number of amides is 1. The van der Waals surface area contributed by atoms with Crippen molar-refractivity contribution >= 4 is 32.6 Å². The Bertz CT molecular complexity index is 1310. The van der Waals surface area contributed by atoms with Crippen molar-refractivity contribution in [1.29, 1.82) is 0 Å². The Morgan fingerprint density at radius 1 is 1.06 bits per heavy atom. The summed E-state index contributed by atoms with van der Waals surface area (Å²) in [6.45, 7) is 2.21. The van der Waals surface area contributed by atoms with E-state index in [4.69, 9.17) is 9.15 Å². The molecule has 168 valence electrons. The van der Waals surface area contributed by atoms with Gasteiger partial charge in [0.1, 0.15) is 5.56 Å². The first kappa shape index (κ1) is 22.0. The smallest absolute Gasteiger partial charge is 0.349 e. The van der Waals surface area contributed by atoms with Crippen molar-refractivity contribution in [3.05, 3.63) is 64.5 Å². The Balaban J connectivity index is 1.53. The van der Waals surface area contributed by atoms with Crippen LogP contribution in [0.5, 0.6) is 5.75 Å². The quantitative estimate of drug-likeness (QED) is 0.584. The number of nitrogens with zero attached hydrogens (tertiary/aromatic N) is 2. The lowest BCUT2D eigenvalue weighted by molar-refractivity contribution is 0.102. The lowest BCUT2D eigenvalue weighted by atomic mass is 10.1. The fourth-order valence-corrected chi connectivity index (χ4v) is 4.95. The summed E-state index contributed by atoms with van der Waals surface area (Å²) in [7, 11) is -0.190. The molecule has 0 spiro atoms. The minimum absolute atomic E-state index is 0.150. The van der Waals surface area contributed by atoms with Crippen molar-refractivity contribution in [2.24, 2.45) is 0 Å². The molecule has 9 nitrogen and oxygen atoms in total. The SMILES string of the molecule is COc1cccc2cc(C(=O)Nc3ccc(S(=O)(=O)N4CCN(C)CC4)cc3)c(=O)oc12. The molecular formula is C22H23N3O6S. The minimum atomic E-state index is -3.60. The highest BCUT2D eigenvalue weighted by molar-refractivity contribution is 7.89. The molecule has 4 rings (SSSR count). The molecule has 0 saturated carbocycles. The Labute approximate surface area is 185 Å². The van der Waals surface area contributed by atoms with Crippen LogP contribution in [0.4, 0.5) is 5.69 Å². The second kappa shape index (κ2) is 8.73. The summed E-state index contributed by atoms with van der Waals surface area (Å²) >= 11 is 0. The number of para-hydroxylation sites is 1. The van der Waals surface area contributed by atoms with Crippen LogP contribution in [-0.2, 0) is 10.0 Å². The zero-order chi connectivity index (χ0) is 22.9. The van der Waals surface area contributed by atoms with Gasteiger partial charge >= 0.3 is 5.63 Å². The van der Waals surface area contributed by atoms with Gasteiger partial charge in [0.15, 0.2) is 11.3 Å². The van der Waals surface area contributed by atoms with Crippen molar-refractivity contribution in [3.8, 4) is 5.75 Å². The highest BCUT2D eigenvalue weighted by atomic mass is 32.2. The lowest BCUT2D eigenvalue weighted by Gasteiger charge is -2.31. The van der Waals surface area contributed by atoms with Gasteiger partial charge in [0, 0.05) is 37.3 Å². The molecule has 1 N–H and O–H groups in total. The minimum Gasteiger partial charge on any atom is -0.493 e. The molecule has 0 aliphatic carbocycles. The molecule has 10 heteroatoms. The summed E-state index contributed by atoms with van der Waals surface area (Å²) in [5.74, 6) is -0.262. The van der Waals surface area contributed by atoms with Gasteiger partial charge in [-0.2, -0.15) is 4.31 Å². The number of fused-ring (bicyclic) bond motifs is 1. The van der Waals surface area contributed by atoms with E-state index in [0.29, 0.717) is 43.0 Å². The predicted molar refractivity (Wildman–Crippen MR) is 120 cm³/mol. The van der Waals surface area contributed by atoms with Crippen LogP contribution in [0, 0.1) is 0 Å². The van der Waals surface area contributed by atoms with Crippen LogP contribution >= 0.6 is 0 Å². The number of hydrogen-bond donors (Lipinski definition) is 1. The Morgan fingerprint density at radius 3 is 2.41 bits per heavy atom. The van der Waals surface area contributed by atoms with Crippen LogP contribution < -0.4 is 15.7 Å². The first-order valence-electron chi connectivity index (χ1n) is 10.0. The van der Waals surface area contributed by atoms with E-state index in [9.17, 15) is 18.0 Å². The van der Waals surface area contributed by atoms with Crippen LogP contribution in [0.15, 0.2) is 62.6 Å². The van der Waals surface area contributed by atoms with Gasteiger partial charge in [-0.1, -0.05) is 12.1 Å². The average Bonchev–Trinajstić information content (AvgIpc) is 2.79. The molecule has 1 aliphatic rings. The maximum atomic E-state index is 12.8. The molecule has 1 fully saturated rings. The van der Waals surface area contributed by atoms with E-state index in [-0.39, 0.29) is 16.0 Å². The second-order valence-corrected chi connectivity index (χ2v) is 9.45. The van der Waals surface area contributed by atoms with Crippen molar-refractivity contribution in [2.45, 2.75) is 4.90 Å². The average molecular weight is 458 g/mol. The van der Waals surface area contributed by atoms with Crippen LogP contribution in [0.25, 0.3) is 11.0 Å². The van der Waals surface area contributed by atoms with Crippen molar-refractivity contribution in [3.63, 3.8) is 0 Å². The fourth-order valence-electron chi connectivity index (χ4n) is 3.52. The molecule has 3 aromatic rings. The van der Waals surface area contributed by atoms with Crippen LogP contribution in [0.3, 0.4) is 0 Å². The van der Waals surface area contributed by atoms with Gasteiger partial charge < -0.3 is 19.4 Å². The Hall–Kier alpha value is -3.21. The predicted octanol–water partition coefficient (Wildman–Crippen LogP) is 1.99. The number of likely N-dealkylation sites (N-methyl/N-ethyl adjacent to an activating group) is 1. The van der Waals surface area contributed by atoms with E-state index in [0.717, 1.165) is 0 Å². The second-order valence-electron chi connectivity index (χ2n) is 7.51. The number of methoxy groups -OCH3 is 1. The van der Waals surface area contributed by atoms with Crippen LogP contribution in [0.2, 0.25) is 0 Å². The topological polar surface area (TPSA) is 109 Å². The largest absolute Gasteiger partial charge is 0.493 e. The number of carbonyl (C=O) groups is 1. The summed E-state index contributed by atoms with van der Waals surface area (Å²) in [5, 5.41) is 3.16. The zero-order valence-corrected chi connectivity index (χ0v) is 18.5. The number of sulfonamides is 1. The molecular weight excluding hydrogens is 434 g/mol. The summed E-state index contributed by atoms with van der Waals surface area (Å²) < 4.78 is 37.6. The molecule has 1 aliphatic heterocycles. The van der Waals surface area contributed by atoms with Gasteiger partial charge in [0.2, 0.25) is 10.0 Å². The number of benzene rings is 2. The molecule has 0 atom stereocenters. The molecule has 1 amide bonds. The monoisotopic (exact) mass is 457 g/mol. The van der Waals surface area contributed by atoms with E-state index in [1.165, 1.54) is 41.7 Å². The standard InChI is InChI=1S/C22H23N3O6S/c1-24-10-12-25(13-11-24)32(28,29)17-8-6-16(7-9-17)23-21(26)18-14-15-4-3-5-19(30-2)20(15)31-22(18)27/h3-9,14H,10-13H2,1-2H3,(H,23,26). The molecule has 1 saturated heterocycles. The van der Waals surface area contributed by atoms with Gasteiger partial charge in [-0.25, -0.2) is 13.2 Å². The Morgan fingerprint density at radius 2 is 1.75 bits per heavy atom. The third kappa shape index (κ3) is 4.24. The lowest BCUT2D eigenvalue weighted by Crippen LogP contribution is -2.46. The van der Waals surface area contributed by atoms with Crippen LogP contribution in [-0.4, -0.2) is 63.9 Å². The number of ether oxygens (including phenoxy) is 1. The molecule has 2 aromatic carbocycles. The number of hydrogen-bond acceptors (Lipinski definition) is 7. The van der Waals surface area contributed by atoms with Crippen molar-refractivity contribution < 1.29 is 22.4 Å². The van der Waals surface area contributed by atoms with E-state index in [1.807, 2.05) is 7.05 Å². The molecule has 0 bridgehead atoms. The number of rotatable bonds is 5. The fraction of sp³-hybridized carbons (Fsp3) is 0.273. The Kier molecular flexibility index (Phi) is 6.00. The molecule has 0 radical (unpaired) electrons. The summed E-state index contributed by atoms with van der Waals surface area (Å²) in [6.07, 6.45) is 0. The van der Waals surface area contributed by atoms with Gasteiger partial charge in [0.25, 0.3) is 5.91 Å². The van der Waals surface area contributed by atoms with E-state index >= 15 is 0 Å². The number of anilines is 1. The van der Waals surface area contributed by atoms with Gasteiger partial charge in [-0.05, 0) is 43.4 Å². The first-order valence-corrected chi connectivity index (χ1v) is 11.4. The number of carbonyl (C=O) groups excluding carboxylic acids is 1. The zero-order valence-electron chi connectivity index (χ0n) is 17.7. The molecule has 1 aromatic heterocycles. The van der Waals surface area contributed by atoms with E-state index in [2.05, 4.69) is 10.2 Å². The molecule has 0 unspecified atom stereocenters. The number of nitrogens with one attached hydrogen (secondary N) is 1. The summed E-state index contributed by atoms with van der Waals surface area (Å²) in [6, 6.07) is 12.4. The van der Waals surface area contributed by atoms with E-state index < -0.39 is 21.6 Å². The van der Waals surface area contributed by atoms with Crippen molar-refractivity contribution in [2.75, 3.05) is 45.7 Å². The highest BCUT2D eigenvalue weighted by Gasteiger charge is 2.27. The normalized spacial score (nSPS) is 15.6. The summed E-state index contributed by atoms with van der Waals surface area (Å²) in [4.78, 5) is 27.2. The maximum absolute atomic E-state index is 12.8. The van der Waals surface area contributed by atoms with Gasteiger partial charge in [0.05, 0.1) is 12.0 Å². The van der Waals surface area contributed by atoms with Gasteiger partial charge in [-0.15, -0.1) is 0 Å². The van der Waals surface area contributed by atoms with E-state index in [1.54, 1.807) is 18.2 Å². The van der Waals surface area contributed by atoms with Crippen LogP contribution in [0.1, 0.15) is 10.4 Å². The molecule has 32 heavy (non-hydrogen) atoms.